The number of ether oxygens (including phenoxy) is 2. The summed E-state index contributed by atoms with van der Waals surface area (Å²) in [5.41, 5.74) is -0.775. The summed E-state index contributed by atoms with van der Waals surface area (Å²) in [7, 11) is 0. The van der Waals surface area contributed by atoms with Gasteiger partial charge in [-0.05, 0) is 24.3 Å². The lowest BCUT2D eigenvalue weighted by Gasteiger charge is -2.16. The Balaban J connectivity index is 1.51. The van der Waals surface area contributed by atoms with E-state index in [4.69, 9.17) is 9.47 Å². The number of benzene rings is 1. The first-order valence-corrected chi connectivity index (χ1v) is 8.28. The zero-order valence-corrected chi connectivity index (χ0v) is 13.7. The van der Waals surface area contributed by atoms with Crippen molar-refractivity contribution in [2.75, 3.05) is 6.61 Å². The average molecular weight is 372 g/mol. The number of esters is 1. The third-order valence-electron chi connectivity index (χ3n) is 4.73. The maximum absolute atomic E-state index is 12.5. The molecule has 2 aliphatic rings. The highest BCUT2D eigenvalue weighted by Crippen LogP contribution is 2.42. The Labute approximate surface area is 148 Å². The molecule has 2 fully saturated rings. The van der Waals surface area contributed by atoms with Crippen molar-refractivity contribution in [3.05, 3.63) is 42.0 Å². The van der Waals surface area contributed by atoms with E-state index < -0.39 is 23.9 Å². The van der Waals surface area contributed by atoms with E-state index >= 15 is 0 Å². The minimum atomic E-state index is -4.41. The zero-order valence-electron chi connectivity index (χ0n) is 13.7. The zero-order chi connectivity index (χ0) is 18.9. The first kappa shape index (κ1) is 18.7. The molecular weight excluding hydrogens is 353 g/mol. The van der Waals surface area contributed by atoms with E-state index in [1.54, 1.807) is 6.08 Å². The molecule has 0 radical (unpaired) electrons. The molecule has 1 saturated carbocycles. The quantitative estimate of drug-likeness (QED) is 0.613. The monoisotopic (exact) mass is 372 g/mol. The predicted molar refractivity (Wildman–Crippen MR) is 84.2 cm³/mol. The Morgan fingerprint density at radius 1 is 1.31 bits per heavy atom. The molecule has 3 rings (SSSR count). The van der Waals surface area contributed by atoms with Gasteiger partial charge in [0.2, 0.25) is 0 Å². The molecule has 8 heteroatoms. The Morgan fingerprint density at radius 2 is 2.00 bits per heavy atom. The van der Waals surface area contributed by atoms with Crippen molar-refractivity contribution in [3.8, 4) is 5.75 Å². The number of aliphatic hydroxyl groups excluding tert-OH is 2. The van der Waals surface area contributed by atoms with Gasteiger partial charge in [0.1, 0.15) is 24.6 Å². The summed E-state index contributed by atoms with van der Waals surface area (Å²) in [5.74, 6) is -0.457. The highest BCUT2D eigenvalue weighted by molar-refractivity contribution is 5.72. The molecule has 0 spiro atoms. The summed E-state index contributed by atoms with van der Waals surface area (Å²) in [6.45, 7) is -0.145. The van der Waals surface area contributed by atoms with Gasteiger partial charge < -0.3 is 19.7 Å². The molecule has 26 heavy (non-hydrogen) atoms. The van der Waals surface area contributed by atoms with Crippen LogP contribution in [0.5, 0.6) is 5.75 Å². The molecule has 5 nitrogen and oxygen atoms in total. The number of hydrogen-bond donors (Lipinski definition) is 2. The van der Waals surface area contributed by atoms with E-state index in [2.05, 4.69) is 0 Å². The lowest BCUT2D eigenvalue weighted by atomic mass is 9.91. The minimum Gasteiger partial charge on any atom is -0.491 e. The molecule has 1 aliphatic heterocycles. The van der Waals surface area contributed by atoms with Gasteiger partial charge >= 0.3 is 12.1 Å². The van der Waals surface area contributed by atoms with Crippen molar-refractivity contribution in [1.82, 2.24) is 0 Å². The van der Waals surface area contributed by atoms with Crippen molar-refractivity contribution in [3.63, 3.8) is 0 Å². The summed E-state index contributed by atoms with van der Waals surface area (Å²) in [5, 5.41) is 20.0. The summed E-state index contributed by atoms with van der Waals surface area (Å²) in [6.07, 6.45) is -2.60. The number of fused-ring (bicyclic) bond motifs is 1. The molecule has 2 N–H and O–H groups in total. The number of rotatable bonds is 5. The van der Waals surface area contributed by atoms with Gasteiger partial charge in [-0.3, -0.25) is 4.79 Å². The van der Waals surface area contributed by atoms with Crippen molar-refractivity contribution in [2.24, 2.45) is 11.8 Å². The first-order valence-electron chi connectivity index (χ1n) is 8.28. The third kappa shape index (κ3) is 4.19. The Hall–Kier alpha value is -2.06. The maximum Gasteiger partial charge on any atom is 0.416 e. The summed E-state index contributed by atoms with van der Waals surface area (Å²) < 4.78 is 47.9. The average Bonchev–Trinajstić information content (AvgIpc) is 3.05. The third-order valence-corrected chi connectivity index (χ3v) is 4.73. The van der Waals surface area contributed by atoms with Gasteiger partial charge in [0.05, 0.1) is 18.1 Å². The predicted octanol–water partition coefficient (Wildman–Crippen LogP) is 2.31. The summed E-state index contributed by atoms with van der Waals surface area (Å²) in [6, 6.07) is 4.19. The van der Waals surface area contributed by atoms with Crippen molar-refractivity contribution in [2.45, 2.75) is 37.3 Å². The van der Waals surface area contributed by atoms with Crippen LogP contribution < -0.4 is 4.74 Å². The van der Waals surface area contributed by atoms with Crippen molar-refractivity contribution in [1.29, 1.82) is 0 Å². The normalized spacial score (nSPS) is 29.7. The van der Waals surface area contributed by atoms with Gasteiger partial charge in [-0.1, -0.05) is 12.2 Å². The number of carbonyl (C=O) groups is 1. The van der Waals surface area contributed by atoms with Crippen LogP contribution in [-0.2, 0) is 15.7 Å². The topological polar surface area (TPSA) is 76.0 Å². The van der Waals surface area contributed by atoms with E-state index in [0.717, 1.165) is 12.1 Å². The lowest BCUT2D eigenvalue weighted by molar-refractivity contribution is -0.142. The van der Waals surface area contributed by atoms with Crippen LogP contribution in [0.2, 0.25) is 0 Å². The number of carbonyl (C=O) groups excluding carboxylic acids is 1. The SMILES string of the molecule is O=C1C[C@@H]2[C@@H](/C=C\C(O)COc3ccc(C(F)(F)F)cc3)[C@H](O)C[C@@H]2O1. The van der Waals surface area contributed by atoms with Gasteiger partial charge in [-0.2, -0.15) is 13.2 Å². The number of halogens is 3. The van der Waals surface area contributed by atoms with Crippen LogP contribution in [-0.4, -0.2) is 41.1 Å². The molecule has 1 aromatic rings. The van der Waals surface area contributed by atoms with Gasteiger partial charge in [0.25, 0.3) is 0 Å². The smallest absolute Gasteiger partial charge is 0.416 e. The van der Waals surface area contributed by atoms with Crippen molar-refractivity contribution < 1.29 is 37.7 Å². The molecule has 1 saturated heterocycles. The second kappa shape index (κ2) is 7.28. The molecule has 142 valence electrons. The van der Waals surface area contributed by atoms with E-state index in [1.807, 2.05) is 0 Å². The molecule has 1 heterocycles. The molecule has 0 bridgehead atoms. The van der Waals surface area contributed by atoms with E-state index in [9.17, 15) is 28.2 Å². The highest BCUT2D eigenvalue weighted by Gasteiger charge is 2.48. The van der Waals surface area contributed by atoms with E-state index in [-0.39, 0.29) is 42.7 Å². The van der Waals surface area contributed by atoms with Crippen LogP contribution in [0.3, 0.4) is 0 Å². The van der Waals surface area contributed by atoms with Gasteiger partial charge in [0, 0.05) is 18.3 Å². The number of alkyl halides is 3. The maximum atomic E-state index is 12.5. The number of aliphatic hydroxyl groups is 2. The Morgan fingerprint density at radius 3 is 2.65 bits per heavy atom. The van der Waals surface area contributed by atoms with Gasteiger partial charge in [0.15, 0.2) is 0 Å². The molecule has 1 aromatic carbocycles. The Kier molecular flexibility index (Phi) is 5.24. The standard InChI is InChI=1S/C18H19F3O5/c19-18(20,21)10-1-4-12(5-2-10)25-9-11(22)3-6-13-14-7-17(24)26-16(14)8-15(13)23/h1-6,11,13-16,22-23H,7-9H2/b6-3-/t11?,13-,14-,15-,16+/m1/s1. The lowest BCUT2D eigenvalue weighted by Crippen LogP contribution is -2.20. The van der Waals surface area contributed by atoms with E-state index in [0.29, 0.717) is 6.42 Å². The van der Waals surface area contributed by atoms with Crippen LogP contribution in [0.1, 0.15) is 18.4 Å². The van der Waals surface area contributed by atoms with Gasteiger partial charge in [-0.15, -0.1) is 0 Å². The fourth-order valence-corrected chi connectivity index (χ4v) is 3.42. The first-order chi connectivity index (χ1) is 12.2. The highest BCUT2D eigenvalue weighted by atomic mass is 19.4. The molecular formula is C18H19F3O5. The molecule has 0 amide bonds. The van der Waals surface area contributed by atoms with Crippen LogP contribution in [0.25, 0.3) is 0 Å². The van der Waals surface area contributed by atoms with Crippen LogP contribution in [0.4, 0.5) is 13.2 Å². The van der Waals surface area contributed by atoms with Crippen LogP contribution in [0.15, 0.2) is 36.4 Å². The second-order valence-corrected chi connectivity index (χ2v) is 6.56. The largest absolute Gasteiger partial charge is 0.491 e. The fraction of sp³-hybridized carbons (Fsp3) is 0.500. The molecule has 1 aliphatic carbocycles. The van der Waals surface area contributed by atoms with Gasteiger partial charge in [-0.25, -0.2) is 0 Å². The molecule has 0 aromatic heterocycles. The summed E-state index contributed by atoms with van der Waals surface area (Å²) >= 11 is 0. The molecule has 5 atom stereocenters. The fourth-order valence-electron chi connectivity index (χ4n) is 3.42. The van der Waals surface area contributed by atoms with E-state index in [1.165, 1.54) is 18.2 Å². The van der Waals surface area contributed by atoms with Crippen LogP contribution >= 0.6 is 0 Å². The Bertz CT molecular complexity index is 670. The number of hydrogen-bond acceptors (Lipinski definition) is 5. The summed E-state index contributed by atoms with van der Waals surface area (Å²) in [4.78, 5) is 11.3. The minimum absolute atomic E-state index is 0.100. The molecule has 1 unspecified atom stereocenters. The van der Waals surface area contributed by atoms with Crippen LogP contribution in [0, 0.1) is 11.8 Å². The van der Waals surface area contributed by atoms with Crippen molar-refractivity contribution >= 4 is 5.97 Å². The second-order valence-electron chi connectivity index (χ2n) is 6.56.